The monoisotopic (exact) mass is 701 g/mol. The summed E-state index contributed by atoms with van der Waals surface area (Å²) in [5.41, 5.74) is 6.75. The molecule has 11 nitrogen and oxygen atoms in total. The van der Waals surface area contributed by atoms with Crippen molar-refractivity contribution >= 4 is 17.8 Å². The molecule has 0 spiro atoms. The smallest absolute Gasteiger partial charge is 0.323 e. The van der Waals surface area contributed by atoms with Gasteiger partial charge in [-0.05, 0) is 86.9 Å². The third-order valence-corrected chi connectivity index (χ3v) is 9.21. The fourth-order valence-electron chi connectivity index (χ4n) is 6.59. The molecule has 2 fully saturated rings. The van der Waals surface area contributed by atoms with Crippen LogP contribution in [0.2, 0.25) is 0 Å². The molecule has 51 heavy (non-hydrogen) atoms. The number of unbranched alkanes of at least 4 members (excludes halogenated alkanes) is 1. The van der Waals surface area contributed by atoms with E-state index in [-0.39, 0.29) is 43.2 Å². The zero-order valence-electron chi connectivity index (χ0n) is 29.8. The van der Waals surface area contributed by atoms with Gasteiger partial charge in [-0.3, -0.25) is 24.5 Å². The van der Waals surface area contributed by atoms with Crippen molar-refractivity contribution in [3.05, 3.63) is 95.1 Å². The number of nitrogens with zero attached hydrogens (tertiary/aromatic N) is 1. The number of hydroxylamine groups is 1. The standard InChI is InChI=1S/C40H51N3O8/c1-40(2,3)51-38(47)34-10-7-21-43(34)25-33-23-35(30-15-13-27(26-44)14-16-30)50-39(49-33)31-19-17-29(18-20-31)32-9-6-8-28(22-32)24-41-36(45)11-4-5-12-37(46)42-48/h6,8-9,13-20,22,33-35,39,44,48H,4-5,7,10-12,21,23-26H2,1-3H3,(H,41,45)(H,42,46)/t33-,34-,35+,39+/m0/s1. The number of hydrogen-bond acceptors (Lipinski definition) is 9. The van der Waals surface area contributed by atoms with Gasteiger partial charge in [-0.2, -0.15) is 0 Å². The normalized spacial score (nSPS) is 20.9. The second-order valence-electron chi connectivity index (χ2n) is 14.4. The van der Waals surface area contributed by atoms with E-state index in [0.717, 1.165) is 52.8 Å². The third kappa shape index (κ3) is 11.2. The van der Waals surface area contributed by atoms with Crippen LogP contribution in [0, 0.1) is 0 Å². The first-order valence-electron chi connectivity index (χ1n) is 17.9. The zero-order valence-corrected chi connectivity index (χ0v) is 29.8. The minimum absolute atomic E-state index is 0.0277. The van der Waals surface area contributed by atoms with E-state index in [0.29, 0.717) is 38.8 Å². The number of esters is 1. The van der Waals surface area contributed by atoms with E-state index in [1.807, 2.05) is 93.6 Å². The predicted molar refractivity (Wildman–Crippen MR) is 191 cm³/mol. The molecule has 4 atom stereocenters. The molecule has 0 bridgehead atoms. The maximum atomic E-state index is 13.1. The summed E-state index contributed by atoms with van der Waals surface area (Å²) in [5, 5.41) is 21.1. The minimum atomic E-state index is -0.623. The Kier molecular flexibility index (Phi) is 13.4. The van der Waals surface area contributed by atoms with Crippen molar-refractivity contribution in [1.29, 1.82) is 0 Å². The van der Waals surface area contributed by atoms with Crippen LogP contribution in [0.1, 0.15) is 100 Å². The number of benzene rings is 3. The van der Waals surface area contributed by atoms with Crippen molar-refractivity contribution < 1.29 is 38.9 Å². The number of nitrogens with one attached hydrogen (secondary N) is 2. The van der Waals surface area contributed by atoms with Crippen LogP contribution in [-0.2, 0) is 41.7 Å². The molecule has 2 aliphatic rings. The van der Waals surface area contributed by atoms with E-state index >= 15 is 0 Å². The van der Waals surface area contributed by atoms with Crippen LogP contribution in [0.15, 0.2) is 72.8 Å². The van der Waals surface area contributed by atoms with Crippen molar-refractivity contribution in [2.75, 3.05) is 13.1 Å². The van der Waals surface area contributed by atoms with Gasteiger partial charge in [0.1, 0.15) is 11.6 Å². The first-order valence-corrected chi connectivity index (χ1v) is 17.9. The molecule has 11 heteroatoms. The van der Waals surface area contributed by atoms with Gasteiger partial charge in [0.25, 0.3) is 0 Å². The lowest BCUT2D eigenvalue weighted by molar-refractivity contribution is -0.253. The topological polar surface area (TPSA) is 147 Å². The summed E-state index contributed by atoms with van der Waals surface area (Å²) in [6.45, 7) is 7.41. The van der Waals surface area contributed by atoms with Crippen molar-refractivity contribution in [2.24, 2.45) is 0 Å². The molecule has 0 saturated carbocycles. The molecule has 2 heterocycles. The lowest BCUT2D eigenvalue weighted by Crippen LogP contribution is -2.45. The van der Waals surface area contributed by atoms with Gasteiger partial charge >= 0.3 is 5.97 Å². The van der Waals surface area contributed by atoms with Crippen LogP contribution < -0.4 is 10.8 Å². The molecule has 2 saturated heterocycles. The van der Waals surface area contributed by atoms with E-state index < -0.39 is 17.8 Å². The molecule has 0 aromatic heterocycles. The van der Waals surface area contributed by atoms with Gasteiger partial charge < -0.3 is 24.6 Å². The molecular formula is C40H51N3O8. The summed E-state index contributed by atoms with van der Waals surface area (Å²) in [6.07, 6.45) is 2.81. The van der Waals surface area contributed by atoms with Gasteiger partial charge in [0.2, 0.25) is 11.8 Å². The Hall–Kier alpha value is -4.13. The molecule has 0 unspecified atom stereocenters. The van der Waals surface area contributed by atoms with E-state index in [1.165, 1.54) is 0 Å². The number of aliphatic hydroxyl groups is 1. The highest BCUT2D eigenvalue weighted by molar-refractivity contribution is 5.77. The lowest BCUT2D eigenvalue weighted by atomic mass is 9.98. The number of likely N-dealkylation sites (tertiary alicyclic amines) is 1. The second kappa shape index (κ2) is 17.9. The van der Waals surface area contributed by atoms with Crippen LogP contribution in [-0.4, -0.2) is 63.8 Å². The maximum absolute atomic E-state index is 13.1. The predicted octanol–water partition coefficient (Wildman–Crippen LogP) is 5.88. The fourth-order valence-corrected chi connectivity index (χ4v) is 6.59. The second-order valence-corrected chi connectivity index (χ2v) is 14.4. The number of rotatable bonds is 14. The zero-order chi connectivity index (χ0) is 36.4. The van der Waals surface area contributed by atoms with E-state index in [4.69, 9.17) is 19.4 Å². The average molecular weight is 702 g/mol. The van der Waals surface area contributed by atoms with Gasteiger partial charge in [-0.15, -0.1) is 0 Å². The Morgan fingerprint density at radius 3 is 2.27 bits per heavy atom. The van der Waals surface area contributed by atoms with Crippen LogP contribution >= 0.6 is 0 Å². The molecule has 0 radical (unpaired) electrons. The Bertz CT molecular complexity index is 1610. The highest BCUT2D eigenvalue weighted by atomic mass is 16.7. The Labute approximate surface area is 300 Å². The van der Waals surface area contributed by atoms with Gasteiger partial charge in [0.15, 0.2) is 6.29 Å². The first kappa shape index (κ1) is 38.1. The number of hydrogen-bond donors (Lipinski definition) is 4. The Morgan fingerprint density at radius 2 is 1.59 bits per heavy atom. The molecule has 0 aliphatic carbocycles. The summed E-state index contributed by atoms with van der Waals surface area (Å²) < 4.78 is 18.9. The largest absolute Gasteiger partial charge is 0.459 e. The summed E-state index contributed by atoms with van der Waals surface area (Å²) in [5.74, 6) is -0.735. The van der Waals surface area contributed by atoms with Crippen LogP contribution in [0.25, 0.3) is 11.1 Å². The van der Waals surface area contributed by atoms with Crippen molar-refractivity contribution in [3.63, 3.8) is 0 Å². The van der Waals surface area contributed by atoms with E-state index in [2.05, 4.69) is 10.2 Å². The molecule has 2 amide bonds. The molecule has 274 valence electrons. The summed E-state index contributed by atoms with van der Waals surface area (Å²) >= 11 is 0. The SMILES string of the molecule is CC(C)(C)OC(=O)[C@@H]1CCCN1C[C@@H]1C[C@H](c2ccc(CO)cc2)O[C@H](c2ccc(-c3cccc(CNC(=O)CCCCC(=O)NO)c3)cc2)O1. The average Bonchev–Trinajstić information content (AvgIpc) is 3.60. The van der Waals surface area contributed by atoms with Gasteiger partial charge in [-0.1, -0.05) is 66.7 Å². The van der Waals surface area contributed by atoms with Crippen LogP contribution in [0.3, 0.4) is 0 Å². The van der Waals surface area contributed by atoms with Crippen molar-refractivity contribution in [2.45, 2.75) is 109 Å². The molecule has 3 aromatic carbocycles. The summed E-state index contributed by atoms with van der Waals surface area (Å²) in [7, 11) is 0. The number of amides is 2. The maximum Gasteiger partial charge on any atom is 0.323 e. The fraction of sp³-hybridized carbons (Fsp3) is 0.475. The Morgan fingerprint density at radius 1 is 0.882 bits per heavy atom. The van der Waals surface area contributed by atoms with Gasteiger partial charge in [-0.25, -0.2) is 5.48 Å². The van der Waals surface area contributed by atoms with Crippen molar-refractivity contribution in [1.82, 2.24) is 15.7 Å². The molecule has 4 N–H and O–H groups in total. The van der Waals surface area contributed by atoms with E-state index in [9.17, 15) is 19.5 Å². The quantitative estimate of drug-likeness (QED) is 0.0701. The number of ether oxygens (including phenoxy) is 3. The van der Waals surface area contributed by atoms with Crippen molar-refractivity contribution in [3.8, 4) is 11.1 Å². The molecule has 5 rings (SSSR count). The first-order chi connectivity index (χ1) is 24.5. The lowest BCUT2D eigenvalue weighted by Gasteiger charge is -2.38. The van der Waals surface area contributed by atoms with Gasteiger partial charge in [0.05, 0.1) is 18.8 Å². The highest BCUT2D eigenvalue weighted by Gasteiger charge is 2.39. The Balaban J connectivity index is 1.25. The number of carbonyl (C=O) groups is 3. The van der Waals surface area contributed by atoms with Crippen LogP contribution in [0.5, 0.6) is 0 Å². The number of carbonyl (C=O) groups excluding carboxylic acids is 3. The molecule has 2 aliphatic heterocycles. The third-order valence-electron chi connectivity index (χ3n) is 9.21. The van der Waals surface area contributed by atoms with Gasteiger partial charge in [0, 0.05) is 37.9 Å². The summed E-state index contributed by atoms with van der Waals surface area (Å²) in [4.78, 5) is 38.7. The molecule has 3 aromatic rings. The van der Waals surface area contributed by atoms with Crippen LogP contribution in [0.4, 0.5) is 0 Å². The summed E-state index contributed by atoms with van der Waals surface area (Å²) in [6, 6.07) is 23.6. The van der Waals surface area contributed by atoms with E-state index in [1.54, 1.807) is 5.48 Å². The highest BCUT2D eigenvalue weighted by Crippen LogP contribution is 2.39. The minimum Gasteiger partial charge on any atom is -0.459 e. The number of aliphatic hydroxyl groups excluding tert-OH is 1. The molecular weight excluding hydrogens is 650 g/mol.